The number of carbonyl (C=O) groups is 1. The Morgan fingerprint density at radius 3 is 3.10 bits per heavy atom. The maximum Gasteiger partial charge on any atom is 0.227 e. The van der Waals surface area contributed by atoms with Crippen molar-refractivity contribution in [3.05, 3.63) is 36.2 Å². The number of benzene rings is 1. The van der Waals surface area contributed by atoms with Crippen LogP contribution in [0.5, 0.6) is 5.75 Å². The lowest BCUT2D eigenvalue weighted by molar-refractivity contribution is -0.115. The van der Waals surface area contributed by atoms with E-state index in [1.807, 2.05) is 24.3 Å². The number of nitrogens with zero attached hydrogens (tertiary/aromatic N) is 4. The van der Waals surface area contributed by atoms with Crippen molar-refractivity contribution in [1.29, 1.82) is 0 Å². The van der Waals surface area contributed by atoms with Crippen LogP contribution in [0.25, 0.3) is 0 Å². The van der Waals surface area contributed by atoms with E-state index in [9.17, 15) is 4.79 Å². The number of aromatic nitrogens is 3. The first kappa shape index (κ1) is 14.1. The van der Waals surface area contributed by atoms with Gasteiger partial charge in [-0.05, 0) is 12.1 Å². The SMILES string of the molecule is COc1ccccc1C=Nn1cnnc1SCC(N)=O. The van der Waals surface area contributed by atoms with Crippen LogP contribution in [-0.2, 0) is 4.79 Å². The van der Waals surface area contributed by atoms with Gasteiger partial charge in [-0.3, -0.25) is 4.79 Å². The van der Waals surface area contributed by atoms with Crippen molar-refractivity contribution in [2.75, 3.05) is 12.9 Å². The van der Waals surface area contributed by atoms with Crippen LogP contribution in [0.1, 0.15) is 5.56 Å². The second kappa shape index (κ2) is 6.71. The van der Waals surface area contributed by atoms with E-state index in [0.717, 1.165) is 11.3 Å². The first-order valence-corrected chi connectivity index (χ1v) is 6.67. The highest BCUT2D eigenvalue weighted by Gasteiger charge is 2.06. The second-order valence-corrected chi connectivity index (χ2v) is 4.64. The molecule has 0 aliphatic carbocycles. The molecular weight excluding hydrogens is 278 g/mol. The van der Waals surface area contributed by atoms with Crippen LogP contribution in [0.3, 0.4) is 0 Å². The quantitative estimate of drug-likeness (QED) is 0.626. The molecule has 0 bridgehead atoms. The summed E-state index contributed by atoms with van der Waals surface area (Å²) in [5.74, 6) is 0.428. The Morgan fingerprint density at radius 2 is 2.35 bits per heavy atom. The van der Waals surface area contributed by atoms with E-state index >= 15 is 0 Å². The van der Waals surface area contributed by atoms with Gasteiger partial charge in [0.2, 0.25) is 11.1 Å². The number of ether oxygens (including phenoxy) is 1. The largest absolute Gasteiger partial charge is 0.496 e. The number of thioether (sulfide) groups is 1. The molecule has 1 aromatic heterocycles. The zero-order valence-corrected chi connectivity index (χ0v) is 11.6. The van der Waals surface area contributed by atoms with Gasteiger partial charge < -0.3 is 10.5 Å². The van der Waals surface area contributed by atoms with Crippen LogP contribution in [0, 0.1) is 0 Å². The number of amides is 1. The molecule has 1 amide bonds. The van der Waals surface area contributed by atoms with Crippen LogP contribution in [0.15, 0.2) is 40.9 Å². The minimum atomic E-state index is -0.418. The van der Waals surface area contributed by atoms with Gasteiger partial charge in [0.05, 0.1) is 19.1 Å². The summed E-state index contributed by atoms with van der Waals surface area (Å²) in [6.45, 7) is 0. The van der Waals surface area contributed by atoms with E-state index in [0.29, 0.717) is 5.16 Å². The fraction of sp³-hybridized carbons (Fsp3) is 0.167. The Hall–Kier alpha value is -2.35. The Balaban J connectivity index is 2.15. The second-order valence-electron chi connectivity index (χ2n) is 3.70. The van der Waals surface area contributed by atoms with Crippen molar-refractivity contribution in [2.24, 2.45) is 10.8 Å². The van der Waals surface area contributed by atoms with E-state index in [1.165, 1.54) is 22.8 Å². The molecule has 20 heavy (non-hydrogen) atoms. The predicted octanol–water partition coefficient (Wildman–Crippen LogP) is 0.746. The van der Waals surface area contributed by atoms with Gasteiger partial charge >= 0.3 is 0 Å². The first-order valence-electron chi connectivity index (χ1n) is 5.69. The summed E-state index contributed by atoms with van der Waals surface area (Å²) in [7, 11) is 1.60. The van der Waals surface area contributed by atoms with Crippen molar-refractivity contribution < 1.29 is 9.53 Å². The van der Waals surface area contributed by atoms with Gasteiger partial charge in [0, 0.05) is 5.56 Å². The molecule has 2 rings (SSSR count). The molecule has 7 nitrogen and oxygen atoms in total. The maximum absolute atomic E-state index is 10.8. The fourth-order valence-electron chi connectivity index (χ4n) is 1.43. The smallest absolute Gasteiger partial charge is 0.227 e. The Kier molecular flexibility index (Phi) is 4.72. The van der Waals surface area contributed by atoms with E-state index < -0.39 is 5.91 Å². The third-order valence-electron chi connectivity index (χ3n) is 2.30. The number of primary amides is 1. The molecule has 1 aromatic carbocycles. The van der Waals surface area contributed by atoms with Gasteiger partial charge in [0.15, 0.2) is 0 Å². The lowest BCUT2D eigenvalue weighted by Crippen LogP contribution is -2.13. The summed E-state index contributed by atoms with van der Waals surface area (Å²) in [5, 5.41) is 12.3. The normalized spacial score (nSPS) is 10.8. The number of nitrogens with two attached hydrogens (primary N) is 1. The predicted molar refractivity (Wildman–Crippen MR) is 75.9 cm³/mol. The van der Waals surface area contributed by atoms with Crippen molar-refractivity contribution in [1.82, 2.24) is 14.9 Å². The molecule has 0 radical (unpaired) electrons. The van der Waals surface area contributed by atoms with Gasteiger partial charge in [-0.25, -0.2) is 0 Å². The molecule has 0 atom stereocenters. The van der Waals surface area contributed by atoms with Crippen LogP contribution in [-0.4, -0.2) is 39.9 Å². The molecule has 2 aromatic rings. The molecule has 2 N–H and O–H groups in total. The lowest BCUT2D eigenvalue weighted by Gasteiger charge is -2.03. The van der Waals surface area contributed by atoms with E-state index in [4.69, 9.17) is 10.5 Å². The lowest BCUT2D eigenvalue weighted by atomic mass is 10.2. The van der Waals surface area contributed by atoms with Crippen LogP contribution in [0.2, 0.25) is 0 Å². The number of carbonyl (C=O) groups excluding carboxylic acids is 1. The average Bonchev–Trinajstić information content (AvgIpc) is 2.90. The topological polar surface area (TPSA) is 95.4 Å². The summed E-state index contributed by atoms with van der Waals surface area (Å²) in [5.41, 5.74) is 5.92. The van der Waals surface area contributed by atoms with Crippen LogP contribution < -0.4 is 10.5 Å². The van der Waals surface area contributed by atoms with Crippen molar-refractivity contribution >= 4 is 23.9 Å². The highest BCUT2D eigenvalue weighted by Crippen LogP contribution is 2.16. The molecule has 0 aliphatic heterocycles. The highest BCUT2D eigenvalue weighted by atomic mass is 32.2. The first-order chi connectivity index (χ1) is 9.70. The van der Waals surface area contributed by atoms with Gasteiger partial charge in [-0.15, -0.1) is 10.2 Å². The number of hydrogen-bond donors (Lipinski definition) is 1. The monoisotopic (exact) mass is 291 g/mol. The minimum Gasteiger partial charge on any atom is -0.496 e. The maximum atomic E-state index is 10.8. The highest BCUT2D eigenvalue weighted by molar-refractivity contribution is 7.99. The minimum absolute atomic E-state index is 0.128. The molecule has 1 heterocycles. The summed E-state index contributed by atoms with van der Waals surface area (Å²) >= 11 is 1.18. The average molecular weight is 291 g/mol. The molecule has 0 unspecified atom stereocenters. The van der Waals surface area contributed by atoms with Crippen molar-refractivity contribution in [3.8, 4) is 5.75 Å². The molecule has 0 saturated heterocycles. The summed E-state index contributed by atoms with van der Waals surface area (Å²) in [6, 6.07) is 7.49. The van der Waals surface area contributed by atoms with Crippen LogP contribution >= 0.6 is 11.8 Å². The molecule has 0 fully saturated rings. The number of para-hydroxylation sites is 1. The van der Waals surface area contributed by atoms with E-state index in [-0.39, 0.29) is 5.75 Å². The van der Waals surface area contributed by atoms with Crippen molar-refractivity contribution in [2.45, 2.75) is 5.16 Å². The van der Waals surface area contributed by atoms with Gasteiger partial charge in [0.25, 0.3) is 0 Å². The summed E-state index contributed by atoms with van der Waals surface area (Å²) in [4.78, 5) is 10.8. The molecule has 0 aliphatic rings. The summed E-state index contributed by atoms with van der Waals surface area (Å²) < 4.78 is 6.70. The van der Waals surface area contributed by atoms with Crippen LogP contribution in [0.4, 0.5) is 0 Å². The zero-order chi connectivity index (χ0) is 14.4. The van der Waals surface area contributed by atoms with E-state index in [2.05, 4.69) is 15.3 Å². The fourth-order valence-corrected chi connectivity index (χ4v) is 2.03. The van der Waals surface area contributed by atoms with Gasteiger partial charge in [-0.2, -0.15) is 9.78 Å². The Bertz CT molecular complexity index is 626. The Morgan fingerprint density at radius 1 is 1.55 bits per heavy atom. The molecule has 8 heteroatoms. The van der Waals surface area contributed by atoms with Crippen molar-refractivity contribution in [3.63, 3.8) is 0 Å². The molecule has 104 valence electrons. The van der Waals surface area contributed by atoms with Gasteiger partial charge in [-0.1, -0.05) is 23.9 Å². The summed E-state index contributed by atoms with van der Waals surface area (Å²) in [6.07, 6.45) is 3.09. The molecular formula is C12H13N5O2S. The third-order valence-corrected chi connectivity index (χ3v) is 3.26. The van der Waals surface area contributed by atoms with E-state index in [1.54, 1.807) is 13.3 Å². The molecule has 0 spiro atoms. The zero-order valence-electron chi connectivity index (χ0n) is 10.8. The number of hydrogen-bond acceptors (Lipinski definition) is 6. The number of rotatable bonds is 6. The number of methoxy groups -OCH3 is 1. The third kappa shape index (κ3) is 3.58. The van der Waals surface area contributed by atoms with Gasteiger partial charge in [0.1, 0.15) is 12.1 Å². The Labute approximate surface area is 119 Å². The molecule has 0 saturated carbocycles. The standard InChI is InChI=1S/C12H13N5O2S/c1-19-10-5-3-2-4-9(10)6-15-17-8-14-16-12(17)20-7-11(13)18/h2-6,8H,7H2,1H3,(H2,13,18).